The number of nitrogens with one attached hydrogen (secondary N) is 1. The molecule has 0 unspecified atom stereocenters. The normalized spacial score (nSPS) is 19.9. The lowest BCUT2D eigenvalue weighted by Gasteiger charge is -2.32. The van der Waals surface area contributed by atoms with Crippen molar-refractivity contribution in [3.63, 3.8) is 0 Å². The Kier molecular flexibility index (Phi) is 5.53. The van der Waals surface area contributed by atoms with Crippen molar-refractivity contribution in [2.45, 2.75) is 65.3 Å². The number of fused-ring (bicyclic) bond motifs is 1. The molecule has 32 heavy (non-hydrogen) atoms. The molecule has 3 heterocycles. The molecule has 1 saturated heterocycles. The first-order chi connectivity index (χ1) is 14.9. The van der Waals surface area contributed by atoms with Crippen LogP contribution in [0, 0.1) is 11.6 Å². The van der Waals surface area contributed by atoms with Gasteiger partial charge in [-0.25, -0.2) is 13.8 Å². The molecule has 0 saturated carbocycles. The maximum Gasteiger partial charge on any atom is 0.497 e. The second-order valence-corrected chi connectivity index (χ2v) is 9.35. The minimum Gasteiger partial charge on any atom is -0.399 e. The van der Waals surface area contributed by atoms with Crippen LogP contribution in [0.4, 0.5) is 14.6 Å². The van der Waals surface area contributed by atoms with Crippen molar-refractivity contribution in [2.24, 2.45) is 0 Å². The molecular weight excluding hydrogens is 415 g/mol. The monoisotopic (exact) mass is 443 g/mol. The van der Waals surface area contributed by atoms with Crippen molar-refractivity contribution >= 4 is 24.3 Å². The molecule has 4 rings (SSSR count). The van der Waals surface area contributed by atoms with Crippen LogP contribution in [0.15, 0.2) is 24.4 Å². The molecule has 1 aromatic carbocycles. The molecule has 0 aliphatic carbocycles. The predicted octanol–water partition coefficient (Wildman–Crippen LogP) is 3.81. The van der Waals surface area contributed by atoms with Gasteiger partial charge < -0.3 is 19.5 Å². The second-order valence-electron chi connectivity index (χ2n) is 9.35. The average Bonchev–Trinajstić information content (AvgIpc) is 3.16. The number of pyridine rings is 1. The number of nitrogens with zero attached hydrogens (tertiary/aromatic N) is 2. The first kappa shape index (κ1) is 22.7. The summed E-state index contributed by atoms with van der Waals surface area (Å²) in [6.45, 7) is 12.1. The van der Waals surface area contributed by atoms with E-state index in [2.05, 4.69) is 10.3 Å². The fourth-order valence-corrected chi connectivity index (χ4v) is 4.01. The van der Waals surface area contributed by atoms with Crippen LogP contribution in [-0.4, -0.2) is 40.7 Å². The van der Waals surface area contributed by atoms with Gasteiger partial charge in [0.25, 0.3) is 5.91 Å². The number of hydrogen-bond acceptors (Lipinski definition) is 5. The molecule has 2 aliphatic rings. The van der Waals surface area contributed by atoms with Crippen molar-refractivity contribution in [1.82, 2.24) is 9.88 Å². The molecule has 1 atom stereocenters. The van der Waals surface area contributed by atoms with Crippen molar-refractivity contribution in [3.05, 3.63) is 52.7 Å². The van der Waals surface area contributed by atoms with Gasteiger partial charge in [-0.05, 0) is 59.7 Å². The van der Waals surface area contributed by atoms with E-state index in [0.717, 1.165) is 11.6 Å². The molecule has 1 N–H and O–H groups in total. The molecule has 170 valence electrons. The Bertz CT molecular complexity index is 1060. The summed E-state index contributed by atoms with van der Waals surface area (Å²) in [4.78, 5) is 18.5. The third-order valence-electron chi connectivity index (χ3n) is 6.75. The van der Waals surface area contributed by atoms with E-state index in [-0.39, 0.29) is 16.9 Å². The Hall–Kier alpha value is -2.52. The quantitative estimate of drug-likeness (QED) is 0.713. The Morgan fingerprint density at radius 3 is 2.47 bits per heavy atom. The molecule has 9 heteroatoms. The molecule has 1 fully saturated rings. The van der Waals surface area contributed by atoms with Crippen LogP contribution in [0.5, 0.6) is 0 Å². The van der Waals surface area contributed by atoms with Gasteiger partial charge in [0.2, 0.25) is 0 Å². The van der Waals surface area contributed by atoms with Crippen LogP contribution in [0.1, 0.15) is 69.1 Å². The van der Waals surface area contributed by atoms with Crippen molar-refractivity contribution in [1.29, 1.82) is 0 Å². The zero-order valence-electron chi connectivity index (χ0n) is 19.3. The van der Waals surface area contributed by atoms with E-state index in [1.54, 1.807) is 24.1 Å². The molecule has 1 aromatic heterocycles. The van der Waals surface area contributed by atoms with Gasteiger partial charge in [0.1, 0.15) is 17.5 Å². The number of rotatable bonds is 5. The highest BCUT2D eigenvalue weighted by atomic mass is 19.1. The maximum atomic E-state index is 15.1. The lowest BCUT2D eigenvalue weighted by atomic mass is 9.78. The summed E-state index contributed by atoms with van der Waals surface area (Å²) in [6.07, 6.45) is 1.54. The topological polar surface area (TPSA) is 63.7 Å². The van der Waals surface area contributed by atoms with E-state index < -0.39 is 36.0 Å². The number of anilines is 1. The summed E-state index contributed by atoms with van der Waals surface area (Å²) >= 11 is 0. The van der Waals surface area contributed by atoms with Crippen LogP contribution in [0.25, 0.3) is 0 Å². The van der Waals surface area contributed by atoms with Crippen molar-refractivity contribution in [2.75, 3.05) is 11.9 Å². The minimum absolute atomic E-state index is 0.0278. The van der Waals surface area contributed by atoms with E-state index in [1.807, 2.05) is 34.6 Å². The number of carbonyl (C=O) groups excluding carboxylic acids is 1. The molecule has 2 aliphatic heterocycles. The zero-order valence-corrected chi connectivity index (χ0v) is 19.3. The first-order valence-electron chi connectivity index (χ1n) is 10.8. The Labute approximate surface area is 187 Å². The Morgan fingerprint density at radius 2 is 1.84 bits per heavy atom. The van der Waals surface area contributed by atoms with Gasteiger partial charge in [0, 0.05) is 34.9 Å². The molecular formula is C23H28BF2N3O3. The summed E-state index contributed by atoms with van der Waals surface area (Å²) in [7, 11) is -0.989. The molecule has 1 amide bonds. The highest BCUT2D eigenvalue weighted by Crippen LogP contribution is 2.37. The van der Waals surface area contributed by atoms with Gasteiger partial charge >= 0.3 is 7.12 Å². The van der Waals surface area contributed by atoms with Crippen LogP contribution in [0.2, 0.25) is 0 Å². The highest BCUT2D eigenvalue weighted by Gasteiger charge is 2.52. The zero-order chi connectivity index (χ0) is 23.4. The van der Waals surface area contributed by atoms with E-state index in [0.29, 0.717) is 24.5 Å². The van der Waals surface area contributed by atoms with Gasteiger partial charge in [-0.1, -0.05) is 0 Å². The largest absolute Gasteiger partial charge is 0.497 e. The van der Waals surface area contributed by atoms with E-state index >= 15 is 8.78 Å². The van der Waals surface area contributed by atoms with Crippen LogP contribution in [-0.2, 0) is 15.9 Å². The van der Waals surface area contributed by atoms with Crippen LogP contribution in [0.3, 0.4) is 0 Å². The van der Waals surface area contributed by atoms with Gasteiger partial charge in [-0.3, -0.25) is 4.79 Å². The summed E-state index contributed by atoms with van der Waals surface area (Å²) < 4.78 is 41.8. The summed E-state index contributed by atoms with van der Waals surface area (Å²) in [6, 6.07) is 3.40. The summed E-state index contributed by atoms with van der Waals surface area (Å²) in [5.41, 5.74) is 0.216. The molecule has 0 spiro atoms. The van der Waals surface area contributed by atoms with E-state index in [1.165, 1.54) is 6.07 Å². The van der Waals surface area contributed by atoms with Crippen LogP contribution < -0.4 is 10.8 Å². The fraction of sp³-hybridized carbons (Fsp3) is 0.478. The summed E-state index contributed by atoms with van der Waals surface area (Å²) in [5, 5.41) is 3.15. The number of carbonyl (C=O) groups is 1. The van der Waals surface area contributed by atoms with E-state index in [4.69, 9.17) is 9.31 Å². The standard InChI is InChI=1S/C23H28BF2N3O3/c1-7-29-12-16-14(21(29)30)8-9-27-20(16)28-13(2)15-10-19(26)17(11-18(15)25)24-31-22(3,4)23(5,6)32-24/h8-11,13H,7,12H2,1-6H3,(H,27,28)/t13-/m0/s1. The first-order valence-corrected chi connectivity index (χ1v) is 10.8. The van der Waals surface area contributed by atoms with Gasteiger partial charge in [0.15, 0.2) is 0 Å². The number of aromatic nitrogens is 1. The third kappa shape index (κ3) is 3.67. The Morgan fingerprint density at radius 1 is 1.19 bits per heavy atom. The number of halogens is 2. The maximum absolute atomic E-state index is 15.1. The third-order valence-corrected chi connectivity index (χ3v) is 6.75. The lowest BCUT2D eigenvalue weighted by Crippen LogP contribution is -2.41. The fourth-order valence-electron chi connectivity index (χ4n) is 4.01. The Balaban J connectivity index is 1.59. The second kappa shape index (κ2) is 7.81. The average molecular weight is 443 g/mol. The predicted molar refractivity (Wildman–Crippen MR) is 119 cm³/mol. The summed E-state index contributed by atoms with van der Waals surface area (Å²) in [5.74, 6) is -0.735. The number of amides is 1. The highest BCUT2D eigenvalue weighted by molar-refractivity contribution is 6.62. The number of hydrogen-bond donors (Lipinski definition) is 1. The van der Waals surface area contributed by atoms with Gasteiger partial charge in [0.05, 0.1) is 23.8 Å². The number of benzene rings is 1. The minimum atomic E-state index is -0.989. The van der Waals surface area contributed by atoms with Crippen molar-refractivity contribution in [3.8, 4) is 0 Å². The smallest absolute Gasteiger partial charge is 0.399 e. The molecule has 6 nitrogen and oxygen atoms in total. The van der Waals surface area contributed by atoms with Gasteiger partial charge in [-0.2, -0.15) is 0 Å². The van der Waals surface area contributed by atoms with Crippen LogP contribution >= 0.6 is 0 Å². The van der Waals surface area contributed by atoms with E-state index in [9.17, 15) is 4.79 Å². The van der Waals surface area contributed by atoms with Gasteiger partial charge in [-0.15, -0.1) is 0 Å². The van der Waals surface area contributed by atoms with Crippen molar-refractivity contribution < 1.29 is 22.9 Å². The molecule has 0 radical (unpaired) electrons. The lowest BCUT2D eigenvalue weighted by molar-refractivity contribution is 0.00578. The SMILES string of the molecule is CCN1Cc2c(ccnc2N[C@@H](C)c2cc(F)c(B3OC(C)(C)C(C)(C)O3)cc2F)C1=O. The molecule has 2 aromatic rings. The molecule has 0 bridgehead atoms.